The summed E-state index contributed by atoms with van der Waals surface area (Å²) in [5.74, 6) is -0.381. The number of rotatable bonds is 6. The fraction of sp³-hybridized carbons (Fsp3) is 0.529. The highest BCUT2D eigenvalue weighted by molar-refractivity contribution is 5.89. The molecule has 2 N–H and O–H groups in total. The molecule has 0 aromatic heterocycles. The van der Waals surface area contributed by atoms with Crippen molar-refractivity contribution in [2.24, 2.45) is 0 Å². The van der Waals surface area contributed by atoms with Crippen LogP contribution < -0.4 is 10.6 Å². The lowest BCUT2D eigenvalue weighted by Crippen LogP contribution is -2.43. The molecule has 0 aliphatic carbocycles. The lowest BCUT2D eigenvalue weighted by molar-refractivity contribution is -0.142. The van der Waals surface area contributed by atoms with Crippen LogP contribution in [-0.4, -0.2) is 48.7 Å². The van der Waals surface area contributed by atoms with Crippen molar-refractivity contribution >= 4 is 17.6 Å². The third-order valence-corrected chi connectivity index (χ3v) is 3.95. The molecule has 7 heteroatoms. The first-order valence-electron chi connectivity index (χ1n) is 8.27. The molecule has 1 fully saturated rings. The van der Waals surface area contributed by atoms with Crippen molar-refractivity contribution in [2.75, 3.05) is 25.0 Å². The number of nitrogens with zero attached hydrogens (tertiary/aromatic N) is 1. The van der Waals surface area contributed by atoms with Crippen molar-refractivity contribution in [3.8, 4) is 0 Å². The Hall–Kier alpha value is -2.15. The minimum absolute atomic E-state index is 0.0254. The summed E-state index contributed by atoms with van der Waals surface area (Å²) < 4.78 is 18.3. The number of carbonyl (C=O) groups excluding carboxylic acids is 2. The molecule has 0 saturated carbocycles. The number of ether oxygens (including phenoxy) is 1. The summed E-state index contributed by atoms with van der Waals surface area (Å²) in [6.07, 6.45) is 0.916. The Labute approximate surface area is 141 Å². The molecule has 0 radical (unpaired) electrons. The molecule has 1 heterocycles. The smallest absolute Gasteiger partial charge is 0.319 e. The number of amides is 3. The molecule has 1 aliphatic heterocycles. The van der Waals surface area contributed by atoms with Crippen LogP contribution in [-0.2, 0) is 9.53 Å². The van der Waals surface area contributed by atoms with Crippen molar-refractivity contribution in [2.45, 2.75) is 38.8 Å². The highest BCUT2D eigenvalue weighted by Gasteiger charge is 2.31. The van der Waals surface area contributed by atoms with Gasteiger partial charge in [0.25, 0.3) is 5.91 Å². The summed E-state index contributed by atoms with van der Waals surface area (Å²) in [5.41, 5.74) is 0.516. The Kier molecular flexibility index (Phi) is 6.54. The molecule has 2 atom stereocenters. The molecule has 6 nitrogen and oxygen atoms in total. The molecular weight excluding hydrogens is 313 g/mol. The predicted octanol–water partition coefficient (Wildman–Crippen LogP) is 2.36. The molecule has 24 heavy (non-hydrogen) atoms. The van der Waals surface area contributed by atoms with Crippen LogP contribution in [0.25, 0.3) is 0 Å². The van der Waals surface area contributed by atoms with Gasteiger partial charge in [-0.2, -0.15) is 0 Å². The minimum atomic E-state index is -0.415. The van der Waals surface area contributed by atoms with Crippen LogP contribution in [0.1, 0.15) is 26.7 Å². The normalized spacial score (nSPS) is 18.3. The quantitative estimate of drug-likeness (QED) is 0.837. The van der Waals surface area contributed by atoms with Gasteiger partial charge in [-0.3, -0.25) is 4.79 Å². The average Bonchev–Trinajstić information content (AvgIpc) is 3.02. The van der Waals surface area contributed by atoms with Gasteiger partial charge >= 0.3 is 6.03 Å². The summed E-state index contributed by atoms with van der Waals surface area (Å²) in [7, 11) is 0. The fourth-order valence-electron chi connectivity index (χ4n) is 2.73. The van der Waals surface area contributed by atoms with Gasteiger partial charge in [-0.15, -0.1) is 0 Å². The monoisotopic (exact) mass is 337 g/mol. The van der Waals surface area contributed by atoms with Crippen LogP contribution in [0.2, 0.25) is 0 Å². The zero-order valence-corrected chi connectivity index (χ0v) is 14.0. The Morgan fingerprint density at radius 3 is 2.67 bits per heavy atom. The number of nitrogens with one attached hydrogen (secondary N) is 2. The van der Waals surface area contributed by atoms with E-state index in [9.17, 15) is 14.0 Å². The first kappa shape index (κ1) is 18.2. The first-order chi connectivity index (χ1) is 11.5. The third kappa shape index (κ3) is 4.92. The van der Waals surface area contributed by atoms with Crippen molar-refractivity contribution in [1.29, 1.82) is 0 Å². The Morgan fingerprint density at radius 1 is 1.33 bits per heavy atom. The van der Waals surface area contributed by atoms with E-state index >= 15 is 0 Å². The van der Waals surface area contributed by atoms with Crippen LogP contribution >= 0.6 is 0 Å². The van der Waals surface area contributed by atoms with E-state index in [0.717, 1.165) is 0 Å². The van der Waals surface area contributed by atoms with Crippen molar-refractivity contribution < 1.29 is 18.7 Å². The van der Waals surface area contributed by atoms with E-state index in [4.69, 9.17) is 4.74 Å². The van der Waals surface area contributed by atoms with Crippen molar-refractivity contribution in [1.82, 2.24) is 10.2 Å². The Balaban J connectivity index is 1.81. The topological polar surface area (TPSA) is 70.7 Å². The van der Waals surface area contributed by atoms with Crippen LogP contribution in [0.4, 0.5) is 14.9 Å². The minimum Gasteiger partial charge on any atom is -0.369 e. The predicted molar refractivity (Wildman–Crippen MR) is 89.2 cm³/mol. The van der Waals surface area contributed by atoms with Crippen LogP contribution in [0.15, 0.2) is 24.3 Å². The van der Waals surface area contributed by atoms with Gasteiger partial charge in [-0.25, -0.2) is 9.18 Å². The number of likely N-dealkylation sites (tertiary alicyclic amines) is 1. The standard InChI is InChI=1S/C17H24FN3O3/c1-3-15(24-4-2)16(22)21-10-9-14(11-21)20-17(23)19-13-7-5-12(18)6-8-13/h5-8,14-15H,3-4,9-11H2,1-2H3,(H2,19,20,23). The molecule has 1 aromatic carbocycles. The summed E-state index contributed by atoms with van der Waals surface area (Å²) >= 11 is 0. The SMILES string of the molecule is CCOC(CC)C(=O)N1CCC(NC(=O)Nc2ccc(F)cc2)C1. The molecule has 1 aromatic rings. The second kappa shape index (κ2) is 8.63. The number of carbonyl (C=O) groups is 2. The van der Waals surface area contributed by atoms with Gasteiger partial charge < -0.3 is 20.3 Å². The maximum atomic E-state index is 12.8. The number of halogens is 1. The summed E-state index contributed by atoms with van der Waals surface area (Å²) in [6, 6.07) is 5.08. The van der Waals surface area contributed by atoms with E-state index in [1.165, 1.54) is 24.3 Å². The van der Waals surface area contributed by atoms with E-state index in [0.29, 0.717) is 38.2 Å². The second-order valence-electron chi connectivity index (χ2n) is 5.73. The first-order valence-corrected chi connectivity index (χ1v) is 8.27. The van der Waals surface area contributed by atoms with Gasteiger partial charge in [-0.05, 0) is 44.0 Å². The van der Waals surface area contributed by atoms with Gasteiger partial charge in [0.2, 0.25) is 0 Å². The lowest BCUT2D eigenvalue weighted by Gasteiger charge is -2.22. The molecule has 2 rings (SSSR count). The van der Waals surface area contributed by atoms with E-state index in [1.54, 1.807) is 4.90 Å². The molecule has 0 bridgehead atoms. The lowest BCUT2D eigenvalue weighted by atomic mass is 10.2. The molecule has 132 valence electrons. The highest BCUT2D eigenvalue weighted by atomic mass is 19.1. The Morgan fingerprint density at radius 2 is 2.04 bits per heavy atom. The maximum absolute atomic E-state index is 12.8. The van der Waals surface area contributed by atoms with Gasteiger partial charge in [0.05, 0.1) is 0 Å². The van der Waals surface area contributed by atoms with Crippen LogP contribution in [0, 0.1) is 5.82 Å². The van der Waals surface area contributed by atoms with Crippen molar-refractivity contribution in [3.63, 3.8) is 0 Å². The van der Waals surface area contributed by atoms with Gasteiger partial charge in [-0.1, -0.05) is 6.92 Å². The molecule has 0 spiro atoms. The number of anilines is 1. The molecule has 3 amide bonds. The van der Waals surface area contributed by atoms with E-state index in [-0.39, 0.29) is 23.8 Å². The number of hydrogen-bond acceptors (Lipinski definition) is 3. The van der Waals surface area contributed by atoms with E-state index < -0.39 is 6.10 Å². The number of benzene rings is 1. The molecule has 2 unspecified atom stereocenters. The molecular formula is C17H24FN3O3. The summed E-state index contributed by atoms with van der Waals surface area (Å²) in [4.78, 5) is 26.1. The van der Waals surface area contributed by atoms with E-state index in [2.05, 4.69) is 10.6 Å². The molecule has 1 saturated heterocycles. The van der Waals surface area contributed by atoms with Gasteiger partial charge in [0.1, 0.15) is 11.9 Å². The highest BCUT2D eigenvalue weighted by Crippen LogP contribution is 2.14. The largest absolute Gasteiger partial charge is 0.369 e. The summed E-state index contributed by atoms with van der Waals surface area (Å²) in [5, 5.41) is 5.49. The fourth-order valence-corrected chi connectivity index (χ4v) is 2.73. The van der Waals surface area contributed by atoms with Crippen LogP contribution in [0.3, 0.4) is 0 Å². The zero-order chi connectivity index (χ0) is 17.5. The van der Waals surface area contributed by atoms with Crippen molar-refractivity contribution in [3.05, 3.63) is 30.1 Å². The van der Waals surface area contributed by atoms with Crippen LogP contribution in [0.5, 0.6) is 0 Å². The Bertz CT molecular complexity index is 565. The maximum Gasteiger partial charge on any atom is 0.319 e. The summed E-state index contributed by atoms with van der Waals surface area (Å²) in [6.45, 7) is 5.35. The zero-order valence-electron chi connectivity index (χ0n) is 14.0. The second-order valence-corrected chi connectivity index (χ2v) is 5.73. The van der Waals surface area contributed by atoms with Gasteiger partial charge in [0, 0.05) is 31.4 Å². The van der Waals surface area contributed by atoms with Gasteiger partial charge in [0.15, 0.2) is 0 Å². The molecule has 1 aliphatic rings. The third-order valence-electron chi connectivity index (χ3n) is 3.95. The number of urea groups is 1. The average molecular weight is 337 g/mol. The van der Waals surface area contributed by atoms with E-state index in [1.807, 2.05) is 13.8 Å². The number of hydrogen-bond donors (Lipinski definition) is 2.